The van der Waals surface area contributed by atoms with E-state index in [4.69, 9.17) is 10.8 Å². The largest absolute Gasteiger partial charge is 0.395 e. The van der Waals surface area contributed by atoms with Gasteiger partial charge >= 0.3 is 0 Å². The van der Waals surface area contributed by atoms with Crippen molar-refractivity contribution in [1.82, 2.24) is 5.32 Å². The maximum Gasteiger partial charge on any atom is 0.0594 e. The Hall–Kier alpha value is -0.900. The molecule has 1 rings (SSSR count). The monoisotopic (exact) mass is 236 g/mol. The third-order valence-electron chi connectivity index (χ3n) is 3.13. The van der Waals surface area contributed by atoms with Crippen LogP contribution in [0.4, 0.5) is 0 Å². The summed E-state index contributed by atoms with van der Waals surface area (Å²) in [6.07, 6.45) is 1.17. The molecular formula is C14H24N2O. The SMILES string of the molecule is CCC(C)c1ccc(CNCC(N)CO)cc1. The van der Waals surface area contributed by atoms with Crippen molar-refractivity contribution in [3.05, 3.63) is 35.4 Å². The van der Waals surface area contributed by atoms with Crippen molar-refractivity contribution in [3.8, 4) is 0 Å². The molecule has 0 aromatic heterocycles. The summed E-state index contributed by atoms with van der Waals surface area (Å²) in [5.41, 5.74) is 8.25. The van der Waals surface area contributed by atoms with Crippen molar-refractivity contribution in [2.24, 2.45) is 5.73 Å². The van der Waals surface area contributed by atoms with E-state index in [0.717, 1.165) is 6.54 Å². The van der Waals surface area contributed by atoms with Crippen LogP contribution < -0.4 is 11.1 Å². The van der Waals surface area contributed by atoms with Gasteiger partial charge in [-0.25, -0.2) is 0 Å². The van der Waals surface area contributed by atoms with Gasteiger partial charge in [-0.1, -0.05) is 38.1 Å². The van der Waals surface area contributed by atoms with Gasteiger partial charge in [0, 0.05) is 19.1 Å². The highest BCUT2D eigenvalue weighted by Crippen LogP contribution is 2.18. The molecule has 96 valence electrons. The Morgan fingerprint density at radius 1 is 1.29 bits per heavy atom. The molecule has 0 fully saturated rings. The second-order valence-corrected chi connectivity index (χ2v) is 4.62. The minimum absolute atomic E-state index is 0.0277. The van der Waals surface area contributed by atoms with Crippen LogP contribution in [-0.2, 0) is 6.54 Å². The number of nitrogens with one attached hydrogen (secondary N) is 1. The van der Waals surface area contributed by atoms with Gasteiger partial charge in [0.2, 0.25) is 0 Å². The number of rotatable bonds is 7. The second kappa shape index (κ2) is 7.43. The van der Waals surface area contributed by atoms with Crippen molar-refractivity contribution >= 4 is 0 Å². The highest BCUT2D eigenvalue weighted by Gasteiger charge is 2.03. The standard InChI is InChI=1S/C14H24N2O/c1-3-11(2)13-6-4-12(5-7-13)8-16-9-14(15)10-17/h4-7,11,14,16-17H,3,8-10,15H2,1-2H3. The fourth-order valence-corrected chi connectivity index (χ4v) is 1.67. The maximum absolute atomic E-state index is 8.79. The fourth-order valence-electron chi connectivity index (χ4n) is 1.67. The van der Waals surface area contributed by atoms with Gasteiger partial charge in [0.1, 0.15) is 0 Å². The zero-order chi connectivity index (χ0) is 12.7. The molecule has 0 bridgehead atoms. The molecule has 0 spiro atoms. The minimum atomic E-state index is -0.172. The van der Waals surface area contributed by atoms with Crippen molar-refractivity contribution in [2.75, 3.05) is 13.2 Å². The Labute approximate surface area is 104 Å². The van der Waals surface area contributed by atoms with E-state index in [1.165, 1.54) is 17.5 Å². The zero-order valence-corrected chi connectivity index (χ0v) is 10.8. The lowest BCUT2D eigenvalue weighted by molar-refractivity contribution is 0.262. The summed E-state index contributed by atoms with van der Waals surface area (Å²) in [7, 11) is 0. The highest BCUT2D eigenvalue weighted by molar-refractivity contribution is 5.24. The molecule has 0 aliphatic rings. The van der Waals surface area contributed by atoms with E-state index >= 15 is 0 Å². The van der Waals surface area contributed by atoms with Crippen LogP contribution in [0.25, 0.3) is 0 Å². The lowest BCUT2D eigenvalue weighted by Gasteiger charge is -2.11. The van der Waals surface area contributed by atoms with Gasteiger partial charge in [0.05, 0.1) is 6.61 Å². The van der Waals surface area contributed by atoms with E-state index < -0.39 is 0 Å². The highest BCUT2D eigenvalue weighted by atomic mass is 16.3. The summed E-state index contributed by atoms with van der Waals surface area (Å²) < 4.78 is 0. The predicted octanol–water partition coefficient (Wildman–Crippen LogP) is 1.61. The van der Waals surface area contributed by atoms with Crippen molar-refractivity contribution < 1.29 is 5.11 Å². The van der Waals surface area contributed by atoms with Crippen LogP contribution in [-0.4, -0.2) is 24.3 Å². The first-order valence-corrected chi connectivity index (χ1v) is 6.33. The van der Waals surface area contributed by atoms with Crippen LogP contribution in [0.2, 0.25) is 0 Å². The molecule has 1 aromatic carbocycles. The van der Waals surface area contributed by atoms with E-state index in [1.807, 2.05) is 0 Å². The summed E-state index contributed by atoms with van der Waals surface area (Å²) in [4.78, 5) is 0. The van der Waals surface area contributed by atoms with Gasteiger partial charge in [0.15, 0.2) is 0 Å². The summed E-state index contributed by atoms with van der Waals surface area (Å²) in [5.74, 6) is 0.625. The maximum atomic E-state index is 8.79. The van der Waals surface area contributed by atoms with Crippen molar-refractivity contribution in [2.45, 2.75) is 38.8 Å². The van der Waals surface area contributed by atoms with E-state index in [2.05, 4.69) is 43.4 Å². The molecule has 3 heteroatoms. The molecule has 1 aromatic rings. The second-order valence-electron chi connectivity index (χ2n) is 4.62. The molecule has 3 nitrogen and oxygen atoms in total. The Balaban J connectivity index is 2.40. The Kier molecular flexibility index (Phi) is 6.19. The quantitative estimate of drug-likeness (QED) is 0.674. The zero-order valence-electron chi connectivity index (χ0n) is 10.8. The fraction of sp³-hybridized carbons (Fsp3) is 0.571. The normalized spacial score (nSPS) is 14.6. The number of nitrogens with two attached hydrogens (primary N) is 1. The van der Waals surface area contributed by atoms with Crippen LogP contribution in [0.3, 0.4) is 0 Å². The molecule has 4 N–H and O–H groups in total. The Morgan fingerprint density at radius 3 is 2.47 bits per heavy atom. The molecule has 2 unspecified atom stereocenters. The van der Waals surface area contributed by atoms with Gasteiger partial charge in [-0.15, -0.1) is 0 Å². The first-order valence-electron chi connectivity index (χ1n) is 6.33. The molecule has 0 aliphatic heterocycles. The van der Waals surface area contributed by atoms with E-state index in [1.54, 1.807) is 0 Å². The molecular weight excluding hydrogens is 212 g/mol. The molecule has 0 amide bonds. The summed E-state index contributed by atoms with van der Waals surface area (Å²) in [6.45, 7) is 5.92. The van der Waals surface area contributed by atoms with E-state index in [0.29, 0.717) is 12.5 Å². The number of benzene rings is 1. The first kappa shape index (κ1) is 14.2. The third-order valence-corrected chi connectivity index (χ3v) is 3.13. The minimum Gasteiger partial charge on any atom is -0.395 e. The van der Waals surface area contributed by atoms with Crippen LogP contribution in [0.15, 0.2) is 24.3 Å². The van der Waals surface area contributed by atoms with E-state index in [9.17, 15) is 0 Å². The number of hydrogen-bond acceptors (Lipinski definition) is 3. The first-order chi connectivity index (χ1) is 8.17. The van der Waals surface area contributed by atoms with Gasteiger partial charge in [-0.3, -0.25) is 0 Å². The molecule has 2 atom stereocenters. The van der Waals surface area contributed by atoms with Crippen LogP contribution >= 0.6 is 0 Å². The molecule has 0 aliphatic carbocycles. The molecule has 17 heavy (non-hydrogen) atoms. The summed E-state index contributed by atoms with van der Waals surface area (Å²) >= 11 is 0. The number of hydrogen-bond donors (Lipinski definition) is 3. The molecule has 0 radical (unpaired) electrons. The van der Waals surface area contributed by atoms with Gasteiger partial charge < -0.3 is 16.2 Å². The van der Waals surface area contributed by atoms with Crippen molar-refractivity contribution in [3.63, 3.8) is 0 Å². The number of aliphatic hydroxyl groups excluding tert-OH is 1. The van der Waals surface area contributed by atoms with Gasteiger partial charge in [-0.05, 0) is 23.5 Å². The smallest absolute Gasteiger partial charge is 0.0594 e. The average Bonchev–Trinajstić information content (AvgIpc) is 2.38. The topological polar surface area (TPSA) is 58.3 Å². The van der Waals surface area contributed by atoms with Crippen LogP contribution in [0.1, 0.15) is 37.3 Å². The summed E-state index contributed by atoms with van der Waals surface area (Å²) in [6, 6.07) is 8.51. The van der Waals surface area contributed by atoms with E-state index in [-0.39, 0.29) is 12.6 Å². The van der Waals surface area contributed by atoms with Crippen molar-refractivity contribution in [1.29, 1.82) is 0 Å². The molecule has 0 saturated carbocycles. The van der Waals surface area contributed by atoms with Crippen LogP contribution in [0.5, 0.6) is 0 Å². The summed E-state index contributed by atoms with van der Waals surface area (Å²) in [5, 5.41) is 12.0. The number of aliphatic hydroxyl groups is 1. The Morgan fingerprint density at radius 2 is 1.94 bits per heavy atom. The third kappa shape index (κ3) is 4.86. The molecule has 0 saturated heterocycles. The van der Waals surface area contributed by atoms with Gasteiger partial charge in [-0.2, -0.15) is 0 Å². The van der Waals surface area contributed by atoms with Crippen LogP contribution in [0, 0.1) is 0 Å². The lowest BCUT2D eigenvalue weighted by Crippen LogP contribution is -2.36. The van der Waals surface area contributed by atoms with Gasteiger partial charge in [0.25, 0.3) is 0 Å². The molecule has 0 heterocycles. The Bertz CT molecular complexity index is 311. The lowest BCUT2D eigenvalue weighted by atomic mass is 9.98. The average molecular weight is 236 g/mol. The predicted molar refractivity (Wildman–Crippen MR) is 71.9 cm³/mol.